The second kappa shape index (κ2) is 8.71. The molecule has 0 atom stereocenters. The summed E-state index contributed by atoms with van der Waals surface area (Å²) in [6, 6.07) is 17.5. The first-order valence-electron chi connectivity index (χ1n) is 9.14. The van der Waals surface area contributed by atoms with Crippen LogP contribution >= 0.6 is 11.3 Å². The standard InChI is InChI=1S/C22H22N2O3S/c1-3-17-18(19(21(25)26)20(28-17)24-22(27)23-4-2)16-12-10-15(11-13-16)14-8-6-5-7-9-14/h5-13H,3-4H2,1-2H3,(H,25,26)(H2,23,24,27). The van der Waals surface area contributed by atoms with E-state index >= 15 is 0 Å². The highest BCUT2D eigenvalue weighted by Gasteiger charge is 2.25. The Morgan fingerprint density at radius 3 is 2.11 bits per heavy atom. The minimum absolute atomic E-state index is 0.139. The van der Waals surface area contributed by atoms with Gasteiger partial charge in [-0.2, -0.15) is 0 Å². The molecule has 3 rings (SSSR count). The zero-order chi connectivity index (χ0) is 20.1. The summed E-state index contributed by atoms with van der Waals surface area (Å²) >= 11 is 1.31. The normalized spacial score (nSPS) is 10.5. The van der Waals surface area contributed by atoms with E-state index in [2.05, 4.69) is 10.6 Å². The van der Waals surface area contributed by atoms with Crippen LogP contribution in [0.3, 0.4) is 0 Å². The molecule has 0 saturated heterocycles. The lowest BCUT2D eigenvalue weighted by atomic mass is 9.97. The van der Waals surface area contributed by atoms with Crippen LogP contribution in [0.4, 0.5) is 9.80 Å². The van der Waals surface area contributed by atoms with Crippen LogP contribution in [0.25, 0.3) is 22.3 Å². The van der Waals surface area contributed by atoms with Gasteiger partial charge in [0, 0.05) is 17.0 Å². The van der Waals surface area contributed by atoms with Gasteiger partial charge in [0.25, 0.3) is 0 Å². The van der Waals surface area contributed by atoms with Gasteiger partial charge in [0.15, 0.2) is 0 Å². The number of carbonyl (C=O) groups is 2. The van der Waals surface area contributed by atoms with E-state index in [-0.39, 0.29) is 5.56 Å². The number of nitrogens with one attached hydrogen (secondary N) is 2. The summed E-state index contributed by atoms with van der Waals surface area (Å²) in [6.45, 7) is 4.26. The molecule has 3 aromatic rings. The molecule has 0 bridgehead atoms. The first kappa shape index (κ1) is 19.6. The van der Waals surface area contributed by atoms with Gasteiger partial charge in [0.1, 0.15) is 10.6 Å². The molecule has 0 saturated carbocycles. The number of hydrogen-bond acceptors (Lipinski definition) is 3. The Balaban J connectivity index is 2.04. The molecule has 0 aliphatic heterocycles. The Bertz CT molecular complexity index is 979. The van der Waals surface area contributed by atoms with Crippen molar-refractivity contribution in [1.82, 2.24) is 5.32 Å². The van der Waals surface area contributed by atoms with E-state index in [0.29, 0.717) is 23.5 Å². The predicted octanol–water partition coefficient (Wildman–Crippen LogP) is 5.48. The smallest absolute Gasteiger partial charge is 0.339 e. The van der Waals surface area contributed by atoms with E-state index in [9.17, 15) is 14.7 Å². The first-order valence-corrected chi connectivity index (χ1v) is 9.96. The summed E-state index contributed by atoms with van der Waals surface area (Å²) in [5.74, 6) is -1.05. The van der Waals surface area contributed by atoms with E-state index in [1.807, 2.05) is 68.4 Å². The molecule has 28 heavy (non-hydrogen) atoms. The van der Waals surface area contributed by atoms with Crippen LogP contribution in [0.2, 0.25) is 0 Å². The number of anilines is 1. The van der Waals surface area contributed by atoms with Crippen LogP contribution < -0.4 is 10.6 Å². The van der Waals surface area contributed by atoms with Crippen LogP contribution in [0.1, 0.15) is 29.1 Å². The molecule has 1 aromatic heterocycles. The summed E-state index contributed by atoms with van der Waals surface area (Å²) in [6.07, 6.45) is 0.678. The fourth-order valence-electron chi connectivity index (χ4n) is 3.09. The van der Waals surface area contributed by atoms with Crippen molar-refractivity contribution in [3.63, 3.8) is 0 Å². The molecule has 0 aliphatic carbocycles. The highest BCUT2D eigenvalue weighted by Crippen LogP contribution is 2.41. The lowest BCUT2D eigenvalue weighted by Gasteiger charge is -2.08. The highest BCUT2D eigenvalue weighted by molar-refractivity contribution is 7.17. The predicted molar refractivity (Wildman–Crippen MR) is 114 cm³/mol. The van der Waals surface area contributed by atoms with Crippen molar-refractivity contribution in [2.75, 3.05) is 11.9 Å². The van der Waals surface area contributed by atoms with Crippen LogP contribution in [0.5, 0.6) is 0 Å². The molecule has 6 heteroatoms. The molecule has 5 nitrogen and oxygen atoms in total. The van der Waals surface area contributed by atoms with E-state index in [1.165, 1.54) is 11.3 Å². The second-order valence-corrected chi connectivity index (χ2v) is 7.30. The zero-order valence-electron chi connectivity index (χ0n) is 15.8. The highest BCUT2D eigenvalue weighted by atomic mass is 32.1. The number of carboxylic acid groups (broad SMARTS) is 1. The molecular weight excluding hydrogens is 372 g/mol. The first-order chi connectivity index (χ1) is 13.5. The fraction of sp³-hybridized carbons (Fsp3) is 0.182. The van der Waals surface area contributed by atoms with Gasteiger partial charge in [0.05, 0.1) is 0 Å². The van der Waals surface area contributed by atoms with Gasteiger partial charge < -0.3 is 10.4 Å². The average molecular weight is 394 g/mol. The second-order valence-electron chi connectivity index (χ2n) is 6.19. The van der Waals surface area contributed by atoms with Gasteiger partial charge >= 0.3 is 12.0 Å². The number of amides is 2. The van der Waals surface area contributed by atoms with Gasteiger partial charge in [0.2, 0.25) is 0 Å². The maximum atomic E-state index is 12.0. The number of aromatic carboxylic acids is 1. The third-order valence-electron chi connectivity index (χ3n) is 4.36. The zero-order valence-corrected chi connectivity index (χ0v) is 16.6. The number of carbonyl (C=O) groups excluding carboxylic acids is 1. The van der Waals surface area contributed by atoms with E-state index in [1.54, 1.807) is 0 Å². The number of benzene rings is 2. The van der Waals surface area contributed by atoms with Gasteiger partial charge in [-0.25, -0.2) is 9.59 Å². The Kier molecular flexibility index (Phi) is 6.11. The molecule has 0 aliphatic rings. The van der Waals surface area contributed by atoms with Gasteiger partial charge in [-0.3, -0.25) is 5.32 Å². The Morgan fingerprint density at radius 2 is 1.54 bits per heavy atom. The lowest BCUT2D eigenvalue weighted by molar-refractivity contribution is 0.0699. The Labute approximate surface area is 168 Å². The molecule has 0 fully saturated rings. The van der Waals surface area contributed by atoms with Gasteiger partial charge in [-0.1, -0.05) is 61.5 Å². The number of carboxylic acids is 1. The molecule has 2 amide bonds. The SMILES string of the molecule is CCNC(=O)Nc1sc(CC)c(-c2ccc(-c3ccccc3)cc2)c1C(=O)O. The fourth-order valence-corrected chi connectivity index (χ4v) is 4.24. The van der Waals surface area contributed by atoms with E-state index in [4.69, 9.17) is 0 Å². The maximum absolute atomic E-state index is 12.0. The van der Waals surface area contributed by atoms with Crippen molar-refractivity contribution in [2.24, 2.45) is 0 Å². The number of aryl methyl sites for hydroxylation is 1. The number of hydrogen-bond donors (Lipinski definition) is 3. The van der Waals surface area contributed by atoms with Crippen LogP contribution in [-0.2, 0) is 6.42 Å². The summed E-state index contributed by atoms with van der Waals surface area (Å²) in [4.78, 5) is 24.9. The summed E-state index contributed by atoms with van der Waals surface area (Å²) < 4.78 is 0. The van der Waals surface area contributed by atoms with E-state index < -0.39 is 12.0 Å². The minimum atomic E-state index is -1.05. The van der Waals surface area contributed by atoms with Gasteiger partial charge in [-0.15, -0.1) is 11.3 Å². The molecule has 0 radical (unpaired) electrons. The van der Waals surface area contributed by atoms with Crippen LogP contribution in [0.15, 0.2) is 54.6 Å². The Hall–Kier alpha value is -3.12. The van der Waals surface area contributed by atoms with Crippen molar-refractivity contribution >= 4 is 28.3 Å². The summed E-state index contributed by atoms with van der Waals surface area (Å²) in [5.41, 5.74) is 3.81. The molecule has 2 aromatic carbocycles. The minimum Gasteiger partial charge on any atom is -0.478 e. The molecule has 1 heterocycles. The molecule has 0 spiro atoms. The van der Waals surface area contributed by atoms with Gasteiger partial charge in [-0.05, 0) is 30.0 Å². The third-order valence-corrected chi connectivity index (χ3v) is 5.61. The van der Waals surface area contributed by atoms with Crippen LogP contribution in [0, 0.1) is 0 Å². The number of thiophene rings is 1. The topological polar surface area (TPSA) is 78.4 Å². The van der Waals surface area contributed by atoms with E-state index in [0.717, 1.165) is 21.6 Å². The molecular formula is C22H22N2O3S. The van der Waals surface area contributed by atoms with Crippen molar-refractivity contribution in [2.45, 2.75) is 20.3 Å². The largest absolute Gasteiger partial charge is 0.478 e. The number of rotatable bonds is 6. The average Bonchev–Trinajstić information content (AvgIpc) is 3.07. The monoisotopic (exact) mass is 394 g/mol. The molecule has 3 N–H and O–H groups in total. The molecule has 0 unspecified atom stereocenters. The maximum Gasteiger partial charge on any atom is 0.339 e. The van der Waals surface area contributed by atoms with Crippen molar-refractivity contribution in [3.8, 4) is 22.3 Å². The summed E-state index contributed by atoms with van der Waals surface area (Å²) in [5, 5.41) is 15.5. The number of urea groups is 1. The molecule has 144 valence electrons. The van der Waals surface area contributed by atoms with Crippen molar-refractivity contribution in [3.05, 3.63) is 65.0 Å². The van der Waals surface area contributed by atoms with Crippen molar-refractivity contribution < 1.29 is 14.7 Å². The summed E-state index contributed by atoms with van der Waals surface area (Å²) in [7, 11) is 0. The third kappa shape index (κ3) is 4.07. The quantitative estimate of drug-likeness (QED) is 0.518. The van der Waals surface area contributed by atoms with Crippen molar-refractivity contribution in [1.29, 1.82) is 0 Å². The lowest BCUT2D eigenvalue weighted by Crippen LogP contribution is -2.28. The Morgan fingerprint density at radius 1 is 0.929 bits per heavy atom. The van der Waals surface area contributed by atoms with Crippen LogP contribution in [-0.4, -0.2) is 23.7 Å².